The van der Waals surface area contributed by atoms with Crippen LogP contribution in [0.15, 0.2) is 0 Å². The molecule has 3 N–H and O–H groups in total. The van der Waals surface area contributed by atoms with E-state index in [1.165, 1.54) is 0 Å². The van der Waals surface area contributed by atoms with Gasteiger partial charge in [-0.25, -0.2) is 0 Å². The first-order valence-electron chi connectivity index (χ1n) is 6.31. The van der Waals surface area contributed by atoms with Gasteiger partial charge < -0.3 is 20.5 Å². The number of carbonyl (C=O) groups is 1. The van der Waals surface area contributed by atoms with Crippen LogP contribution in [0.5, 0.6) is 0 Å². The summed E-state index contributed by atoms with van der Waals surface area (Å²) in [4.78, 5) is 14.1. The maximum atomic E-state index is 12.3. The summed E-state index contributed by atoms with van der Waals surface area (Å²) in [5.41, 5.74) is 4.79. The number of nitrogens with two attached hydrogens (primary N) is 1. The molecule has 0 saturated carbocycles. The van der Waals surface area contributed by atoms with E-state index in [1.54, 1.807) is 4.90 Å². The Labute approximate surface area is 102 Å². The zero-order valence-electron chi connectivity index (χ0n) is 10.4. The van der Waals surface area contributed by atoms with E-state index in [1.807, 2.05) is 6.92 Å². The summed E-state index contributed by atoms with van der Waals surface area (Å²) in [6.07, 6.45) is 2.45. The van der Waals surface area contributed by atoms with Crippen molar-refractivity contribution in [1.29, 1.82) is 0 Å². The normalized spacial score (nSPS) is 27.8. The predicted octanol–water partition coefficient (Wildman–Crippen LogP) is -0.132. The van der Waals surface area contributed by atoms with E-state index in [4.69, 9.17) is 10.5 Å². The fraction of sp³-hybridized carbons (Fsp3) is 0.917. The van der Waals surface area contributed by atoms with E-state index in [-0.39, 0.29) is 5.91 Å². The van der Waals surface area contributed by atoms with Crippen molar-refractivity contribution in [2.45, 2.75) is 43.7 Å². The van der Waals surface area contributed by atoms with Crippen LogP contribution in [0, 0.1) is 0 Å². The molecule has 0 atom stereocenters. The third-order valence-electron chi connectivity index (χ3n) is 3.94. The van der Waals surface area contributed by atoms with Gasteiger partial charge in [-0.05, 0) is 32.6 Å². The van der Waals surface area contributed by atoms with Gasteiger partial charge >= 0.3 is 0 Å². The fourth-order valence-electron chi connectivity index (χ4n) is 2.46. The molecule has 5 heteroatoms. The highest BCUT2D eigenvalue weighted by Gasteiger charge is 2.41. The van der Waals surface area contributed by atoms with Crippen LogP contribution in [-0.4, -0.2) is 53.4 Å². The number of rotatable bonds is 1. The highest BCUT2D eigenvalue weighted by Crippen LogP contribution is 2.26. The number of likely N-dealkylation sites (tertiary alicyclic amines) is 1. The number of amides is 1. The number of aliphatic hydroxyl groups is 1. The Bertz CT molecular complexity index is 288. The predicted molar refractivity (Wildman–Crippen MR) is 63.4 cm³/mol. The van der Waals surface area contributed by atoms with Crippen molar-refractivity contribution in [3.8, 4) is 0 Å². The minimum absolute atomic E-state index is 0.0244. The molecule has 0 spiro atoms. The molecule has 5 nitrogen and oxygen atoms in total. The molecule has 2 fully saturated rings. The Morgan fingerprint density at radius 3 is 2.29 bits per heavy atom. The summed E-state index contributed by atoms with van der Waals surface area (Å²) < 4.78 is 5.24. The first kappa shape index (κ1) is 12.8. The molecule has 1 amide bonds. The standard InChI is InChI=1S/C12H22N2O3/c1-11(16)2-6-14(7-3-11)10(15)12(13)4-8-17-9-5-12/h16H,2-9,13H2,1H3. The maximum Gasteiger partial charge on any atom is 0.242 e. The van der Waals surface area contributed by atoms with Crippen molar-refractivity contribution in [3.63, 3.8) is 0 Å². The smallest absolute Gasteiger partial charge is 0.242 e. The van der Waals surface area contributed by atoms with Crippen molar-refractivity contribution in [2.24, 2.45) is 5.73 Å². The Hall–Kier alpha value is -0.650. The number of hydrogen-bond donors (Lipinski definition) is 2. The largest absolute Gasteiger partial charge is 0.390 e. The monoisotopic (exact) mass is 242 g/mol. The molecule has 0 aliphatic carbocycles. The Kier molecular flexibility index (Phi) is 3.43. The minimum Gasteiger partial charge on any atom is -0.390 e. The molecule has 0 bridgehead atoms. The molecule has 2 aliphatic rings. The quantitative estimate of drug-likeness (QED) is 0.671. The molecule has 0 unspecified atom stereocenters. The molecule has 0 aromatic carbocycles. The summed E-state index contributed by atoms with van der Waals surface area (Å²) in [6.45, 7) is 4.15. The van der Waals surface area contributed by atoms with Crippen molar-refractivity contribution in [2.75, 3.05) is 26.3 Å². The van der Waals surface area contributed by atoms with Crippen LogP contribution >= 0.6 is 0 Å². The third kappa shape index (κ3) is 2.78. The SMILES string of the molecule is CC1(O)CCN(C(=O)C2(N)CCOCC2)CC1. The first-order valence-corrected chi connectivity index (χ1v) is 6.31. The number of ether oxygens (including phenoxy) is 1. The lowest BCUT2D eigenvalue weighted by Gasteiger charge is -2.41. The van der Waals surface area contributed by atoms with Gasteiger partial charge in [0.1, 0.15) is 0 Å². The Morgan fingerprint density at radius 1 is 1.24 bits per heavy atom. The average molecular weight is 242 g/mol. The van der Waals surface area contributed by atoms with Crippen LogP contribution in [0.3, 0.4) is 0 Å². The first-order chi connectivity index (χ1) is 7.93. The highest BCUT2D eigenvalue weighted by molar-refractivity contribution is 5.86. The van der Waals surface area contributed by atoms with Crippen molar-refractivity contribution in [1.82, 2.24) is 4.90 Å². The van der Waals surface area contributed by atoms with Crippen LogP contribution in [0.1, 0.15) is 32.6 Å². The molecule has 2 saturated heterocycles. The lowest BCUT2D eigenvalue weighted by molar-refractivity contribution is -0.144. The molecule has 0 aromatic rings. The zero-order valence-corrected chi connectivity index (χ0v) is 10.4. The Balaban J connectivity index is 1.96. The van der Waals surface area contributed by atoms with Gasteiger partial charge in [0.2, 0.25) is 5.91 Å². The fourth-order valence-corrected chi connectivity index (χ4v) is 2.46. The van der Waals surface area contributed by atoms with Crippen molar-refractivity contribution in [3.05, 3.63) is 0 Å². The Morgan fingerprint density at radius 2 is 1.76 bits per heavy atom. The van der Waals surface area contributed by atoms with E-state index in [9.17, 15) is 9.90 Å². The van der Waals surface area contributed by atoms with Crippen LogP contribution in [0.4, 0.5) is 0 Å². The maximum absolute atomic E-state index is 12.3. The second-order valence-corrected chi connectivity index (χ2v) is 5.56. The molecule has 2 rings (SSSR count). The number of nitrogens with zero attached hydrogens (tertiary/aromatic N) is 1. The van der Waals surface area contributed by atoms with Gasteiger partial charge in [0.15, 0.2) is 0 Å². The highest BCUT2D eigenvalue weighted by atomic mass is 16.5. The van der Waals surface area contributed by atoms with E-state index >= 15 is 0 Å². The molecular formula is C12H22N2O3. The molecule has 0 radical (unpaired) electrons. The third-order valence-corrected chi connectivity index (χ3v) is 3.94. The summed E-state index contributed by atoms with van der Waals surface area (Å²) in [5.74, 6) is 0.0244. The molecular weight excluding hydrogens is 220 g/mol. The lowest BCUT2D eigenvalue weighted by atomic mass is 9.87. The number of carbonyl (C=O) groups excluding carboxylic acids is 1. The van der Waals surface area contributed by atoms with E-state index in [2.05, 4.69) is 0 Å². The van der Waals surface area contributed by atoms with Crippen LogP contribution in [0.25, 0.3) is 0 Å². The second-order valence-electron chi connectivity index (χ2n) is 5.56. The molecule has 0 aromatic heterocycles. The molecule has 17 heavy (non-hydrogen) atoms. The molecule has 2 heterocycles. The summed E-state index contributed by atoms with van der Waals surface area (Å²) in [7, 11) is 0. The topological polar surface area (TPSA) is 75.8 Å². The van der Waals surface area contributed by atoms with Crippen molar-refractivity contribution < 1.29 is 14.6 Å². The van der Waals surface area contributed by atoms with E-state index < -0.39 is 11.1 Å². The molecule has 2 aliphatic heterocycles. The van der Waals surface area contributed by atoms with Crippen molar-refractivity contribution >= 4 is 5.91 Å². The van der Waals surface area contributed by atoms with Crippen LogP contribution in [0.2, 0.25) is 0 Å². The van der Waals surface area contributed by atoms with Gasteiger partial charge in [-0.2, -0.15) is 0 Å². The minimum atomic E-state index is -0.749. The number of hydrogen-bond acceptors (Lipinski definition) is 4. The summed E-state index contributed by atoms with van der Waals surface area (Å²) in [5, 5.41) is 9.86. The zero-order chi connectivity index (χ0) is 12.5. The van der Waals surface area contributed by atoms with Gasteiger partial charge in [-0.15, -0.1) is 0 Å². The second kappa shape index (κ2) is 4.55. The van der Waals surface area contributed by atoms with Gasteiger partial charge in [-0.3, -0.25) is 4.79 Å². The number of piperidine rings is 1. The van der Waals surface area contributed by atoms with Gasteiger partial charge in [-0.1, -0.05) is 0 Å². The van der Waals surface area contributed by atoms with Gasteiger partial charge in [0.25, 0.3) is 0 Å². The van der Waals surface area contributed by atoms with E-state index in [0.29, 0.717) is 52.0 Å². The summed E-state index contributed by atoms with van der Waals surface area (Å²) >= 11 is 0. The van der Waals surface area contributed by atoms with Crippen LogP contribution in [-0.2, 0) is 9.53 Å². The lowest BCUT2D eigenvalue weighted by Crippen LogP contribution is -2.60. The van der Waals surface area contributed by atoms with E-state index in [0.717, 1.165) is 0 Å². The summed E-state index contributed by atoms with van der Waals surface area (Å²) in [6, 6.07) is 0. The average Bonchev–Trinajstić information content (AvgIpc) is 2.29. The van der Waals surface area contributed by atoms with Crippen LogP contribution < -0.4 is 5.73 Å². The van der Waals surface area contributed by atoms with Gasteiger partial charge in [0, 0.05) is 26.3 Å². The van der Waals surface area contributed by atoms with Gasteiger partial charge in [0.05, 0.1) is 11.1 Å². The molecule has 98 valence electrons.